The molecule has 0 aliphatic carbocycles. The van der Waals surface area contributed by atoms with Gasteiger partial charge in [-0.15, -0.1) is 0 Å². The van der Waals surface area contributed by atoms with Crippen LogP contribution >= 0.6 is 22.6 Å². The first-order valence-electron chi connectivity index (χ1n) is 2.62. The zero-order valence-electron chi connectivity index (χ0n) is 8.25. The monoisotopic (exact) mass is 432 g/mol. The van der Waals surface area contributed by atoms with Gasteiger partial charge >= 0.3 is 18.0 Å². The zero-order valence-corrected chi connectivity index (χ0v) is 13.4. The molecule has 1 unspecified atom stereocenters. The summed E-state index contributed by atoms with van der Waals surface area (Å²) in [7, 11) is 1.67. The molecular formula is C7H16AsF6IO. The average molecular weight is 432 g/mol. The maximum absolute atomic E-state index is 4.97. The van der Waals surface area contributed by atoms with Gasteiger partial charge in [0.15, 0.2) is 0 Å². The second kappa shape index (κ2) is 24.2. The van der Waals surface area contributed by atoms with Crippen molar-refractivity contribution >= 4 is 40.5 Å². The Kier molecular flexibility index (Phi) is 67.5. The van der Waals surface area contributed by atoms with Gasteiger partial charge in [0.05, 0.1) is 7.11 Å². The molecule has 1 rings (SSSR count). The van der Waals surface area contributed by atoms with Gasteiger partial charge in [0.1, 0.15) is 5.75 Å². The van der Waals surface area contributed by atoms with Crippen LogP contribution in [0.4, 0.5) is 28.2 Å². The van der Waals surface area contributed by atoms with Crippen molar-refractivity contribution in [3.63, 3.8) is 0 Å². The molecule has 1 atom stereocenters. The van der Waals surface area contributed by atoms with Crippen LogP contribution in [0, 0.1) is 3.57 Å². The summed E-state index contributed by atoms with van der Waals surface area (Å²) in [6, 6.07) is 7.92. The molecule has 0 amide bonds. The van der Waals surface area contributed by atoms with Gasteiger partial charge in [-0.3, -0.25) is 28.2 Å². The van der Waals surface area contributed by atoms with E-state index in [9.17, 15) is 0 Å². The van der Waals surface area contributed by atoms with Gasteiger partial charge in [0.25, 0.3) is 0 Å². The summed E-state index contributed by atoms with van der Waals surface area (Å²) in [6.07, 6.45) is 0. The number of methoxy groups -OCH3 is 1. The number of rotatable bonds is 1. The Morgan fingerprint density at radius 2 is 1.12 bits per heavy atom. The van der Waals surface area contributed by atoms with E-state index >= 15 is 0 Å². The van der Waals surface area contributed by atoms with Gasteiger partial charge in [-0.1, -0.05) is 0 Å². The molecule has 0 fully saturated rings. The van der Waals surface area contributed by atoms with E-state index in [1.165, 1.54) is 3.57 Å². The van der Waals surface area contributed by atoms with Crippen molar-refractivity contribution in [3.05, 3.63) is 27.8 Å². The predicted molar refractivity (Wildman–Crippen MR) is 70.7 cm³/mol. The summed E-state index contributed by atoms with van der Waals surface area (Å²) in [5.74, 6) is 0.912. The van der Waals surface area contributed by atoms with Crippen molar-refractivity contribution in [3.8, 4) is 5.75 Å². The van der Waals surface area contributed by atoms with E-state index < -0.39 is 0 Å². The van der Waals surface area contributed by atoms with Crippen LogP contribution < -0.4 is 4.74 Å². The summed E-state index contributed by atoms with van der Waals surface area (Å²) in [5, 5.41) is 0. The molecule has 0 N–H and O–H groups in total. The van der Waals surface area contributed by atoms with Gasteiger partial charge < -0.3 is 4.74 Å². The first-order chi connectivity index (χ1) is 4.33. The molecule has 0 aromatic heterocycles. The van der Waals surface area contributed by atoms with E-state index in [1.54, 1.807) is 7.11 Å². The van der Waals surface area contributed by atoms with Crippen molar-refractivity contribution in [1.29, 1.82) is 0 Å². The predicted octanol–water partition coefficient (Wildman–Crippen LogP) is 2.03. The maximum atomic E-state index is 4.97. The van der Waals surface area contributed by atoms with Crippen LogP contribution in [0.3, 0.4) is 0 Å². The zero-order chi connectivity index (χ0) is 6.69. The Labute approximate surface area is 114 Å². The standard InChI is InChI=1S/C7H7IO.AsH3.6FH/c1-9-7-4-2-6(8)3-5-7;;;;;;;/h2-5H,1H3;1H3;6*1H. The van der Waals surface area contributed by atoms with Crippen molar-refractivity contribution in [2.24, 2.45) is 0 Å². The summed E-state index contributed by atoms with van der Waals surface area (Å²) in [5.41, 5.74) is 0. The molecule has 16 heavy (non-hydrogen) atoms. The fraction of sp³-hybridized carbons (Fsp3) is 0.143. The molecule has 0 aliphatic rings. The first-order valence-corrected chi connectivity index (χ1v) is 3.70. The molecule has 1 aromatic carbocycles. The van der Waals surface area contributed by atoms with E-state index in [0.29, 0.717) is 0 Å². The van der Waals surface area contributed by atoms with E-state index in [4.69, 9.17) is 4.74 Å². The van der Waals surface area contributed by atoms with Crippen LogP contribution in [-0.4, -0.2) is 25.1 Å². The van der Waals surface area contributed by atoms with Crippen LogP contribution in [0.15, 0.2) is 24.3 Å². The van der Waals surface area contributed by atoms with Crippen LogP contribution in [0.1, 0.15) is 0 Å². The van der Waals surface area contributed by atoms with Crippen molar-refractivity contribution in [2.75, 3.05) is 7.11 Å². The number of ether oxygens (including phenoxy) is 1. The van der Waals surface area contributed by atoms with Gasteiger partial charge in [0.2, 0.25) is 0 Å². The van der Waals surface area contributed by atoms with E-state index in [-0.39, 0.29) is 46.2 Å². The molecule has 1 aromatic rings. The topological polar surface area (TPSA) is 9.23 Å². The average Bonchev–Trinajstić information content (AvgIpc) is 1.90. The fourth-order valence-corrected chi connectivity index (χ4v) is 0.930. The minimum atomic E-state index is 0. The van der Waals surface area contributed by atoms with Gasteiger partial charge in [-0.25, -0.2) is 0 Å². The van der Waals surface area contributed by atoms with Crippen LogP contribution in [-0.2, 0) is 0 Å². The number of halogens is 7. The van der Waals surface area contributed by atoms with Crippen molar-refractivity contribution in [1.82, 2.24) is 0 Å². The Bertz CT molecular complexity index is 201. The summed E-state index contributed by atoms with van der Waals surface area (Å²) in [4.78, 5) is 0. The molecule has 0 spiro atoms. The molecule has 1 nitrogen and oxygen atoms in total. The Morgan fingerprint density at radius 1 is 0.812 bits per heavy atom. The molecule has 9 heteroatoms. The minimum absolute atomic E-state index is 0. The quantitative estimate of drug-likeness (QED) is 0.375. The van der Waals surface area contributed by atoms with Gasteiger partial charge in [-0.2, -0.15) is 0 Å². The second-order valence-corrected chi connectivity index (χ2v) is 2.90. The number of hydrogen-bond donors (Lipinski definition) is 0. The Hall–Kier alpha value is -0.112. The van der Waals surface area contributed by atoms with E-state index in [1.807, 2.05) is 24.3 Å². The third-order valence-corrected chi connectivity index (χ3v) is 1.77. The summed E-state index contributed by atoms with van der Waals surface area (Å²) >= 11 is 2.26. The molecule has 0 saturated heterocycles. The molecule has 0 radical (unpaired) electrons. The van der Waals surface area contributed by atoms with Gasteiger partial charge in [-0.05, 0) is 46.9 Å². The van der Waals surface area contributed by atoms with E-state index in [2.05, 4.69) is 22.6 Å². The molecule has 0 bridgehead atoms. The normalized spacial score (nSPS) is 5.12. The second-order valence-electron chi connectivity index (χ2n) is 1.66. The Morgan fingerprint density at radius 3 is 1.38 bits per heavy atom. The number of benzene rings is 1. The van der Waals surface area contributed by atoms with Crippen molar-refractivity contribution in [2.45, 2.75) is 0 Å². The molecule has 0 aliphatic heterocycles. The first kappa shape index (κ1) is 44.6. The molecule has 104 valence electrons. The van der Waals surface area contributed by atoms with Crippen LogP contribution in [0.5, 0.6) is 5.75 Å². The fourth-order valence-electron chi connectivity index (χ4n) is 0.571. The van der Waals surface area contributed by atoms with Gasteiger partial charge in [0, 0.05) is 3.57 Å². The molecule has 0 saturated carbocycles. The third kappa shape index (κ3) is 16.3. The molecule has 0 heterocycles. The van der Waals surface area contributed by atoms with E-state index in [0.717, 1.165) is 5.75 Å². The van der Waals surface area contributed by atoms with Crippen LogP contribution in [0.2, 0.25) is 0 Å². The van der Waals surface area contributed by atoms with Crippen LogP contribution in [0.25, 0.3) is 0 Å². The number of hydrogen-bond acceptors (Lipinski definition) is 1. The third-order valence-electron chi connectivity index (χ3n) is 1.05. The Balaban J connectivity index is -0.0000000231. The van der Waals surface area contributed by atoms with Crippen molar-refractivity contribution < 1.29 is 33.0 Å². The molecular weight excluding hydrogens is 416 g/mol. The summed E-state index contributed by atoms with van der Waals surface area (Å²) < 4.78 is 6.20. The summed E-state index contributed by atoms with van der Waals surface area (Å²) in [6.45, 7) is 0. The SMILES string of the molecule is COc1ccc(I)cc1.F.F.F.F.F.F.[AsH3].